The van der Waals surface area contributed by atoms with Crippen LogP contribution in [0.3, 0.4) is 0 Å². The van der Waals surface area contributed by atoms with Crippen molar-refractivity contribution in [1.29, 1.82) is 0 Å². The Morgan fingerprint density at radius 1 is 1.31 bits per heavy atom. The zero-order chi connectivity index (χ0) is 19.1. The third-order valence-corrected chi connectivity index (χ3v) is 4.28. The molecule has 0 aliphatic heterocycles. The maximum Gasteiger partial charge on any atom is 0.246 e. The van der Waals surface area contributed by atoms with Crippen LogP contribution in [0.5, 0.6) is 0 Å². The molecule has 144 valence electrons. The molecule has 2 aromatic rings. The standard InChI is InChI=1S/C17H28N6O2S/c1-11(2)8-19-15-13-9-20-23(7-6-18-14(24)10-25-5)16(13)22-17(21-15)26-12(3)4/h9,11-12H,6-8,10H2,1-5H3,(H,18,24)(H,19,21,22). The Balaban J connectivity index is 2.22. The predicted octanol–water partition coefficient (Wildman–Crippen LogP) is 2.16. The van der Waals surface area contributed by atoms with Gasteiger partial charge in [-0.15, -0.1) is 0 Å². The van der Waals surface area contributed by atoms with E-state index in [1.54, 1.807) is 22.6 Å². The summed E-state index contributed by atoms with van der Waals surface area (Å²) in [6.07, 6.45) is 1.78. The van der Waals surface area contributed by atoms with Crippen molar-refractivity contribution in [1.82, 2.24) is 25.1 Å². The third kappa shape index (κ3) is 5.84. The molecular formula is C17H28N6O2S. The van der Waals surface area contributed by atoms with Crippen molar-refractivity contribution in [2.45, 2.75) is 44.6 Å². The summed E-state index contributed by atoms with van der Waals surface area (Å²) in [7, 11) is 1.50. The molecule has 2 rings (SSSR count). The summed E-state index contributed by atoms with van der Waals surface area (Å²) in [6.45, 7) is 10.4. The summed E-state index contributed by atoms with van der Waals surface area (Å²) in [5.74, 6) is 1.17. The first kappa shape index (κ1) is 20.4. The van der Waals surface area contributed by atoms with Crippen molar-refractivity contribution in [3.05, 3.63) is 6.20 Å². The molecule has 8 nitrogen and oxygen atoms in total. The van der Waals surface area contributed by atoms with E-state index in [0.717, 1.165) is 28.6 Å². The molecule has 2 aromatic heterocycles. The predicted molar refractivity (Wildman–Crippen MR) is 105 cm³/mol. The number of thioether (sulfide) groups is 1. The Bertz CT molecular complexity index is 731. The summed E-state index contributed by atoms with van der Waals surface area (Å²) in [4.78, 5) is 20.8. The number of hydrogen-bond acceptors (Lipinski definition) is 7. The monoisotopic (exact) mass is 380 g/mol. The highest BCUT2D eigenvalue weighted by atomic mass is 32.2. The molecule has 0 radical (unpaired) electrons. The molecule has 9 heteroatoms. The molecule has 0 unspecified atom stereocenters. The van der Waals surface area contributed by atoms with Crippen molar-refractivity contribution in [3.63, 3.8) is 0 Å². The number of amides is 1. The van der Waals surface area contributed by atoms with Gasteiger partial charge in [0.05, 0.1) is 18.1 Å². The van der Waals surface area contributed by atoms with Crippen molar-refractivity contribution in [2.75, 3.05) is 32.1 Å². The molecule has 0 bridgehead atoms. The Labute approximate surface area is 158 Å². The Morgan fingerprint density at radius 3 is 2.73 bits per heavy atom. The third-order valence-electron chi connectivity index (χ3n) is 3.42. The van der Waals surface area contributed by atoms with E-state index in [1.807, 2.05) is 0 Å². The summed E-state index contributed by atoms with van der Waals surface area (Å²) < 4.78 is 6.61. The number of aromatic nitrogens is 4. The number of fused-ring (bicyclic) bond motifs is 1. The van der Waals surface area contributed by atoms with Crippen LogP contribution in [0.15, 0.2) is 11.4 Å². The van der Waals surface area contributed by atoms with Gasteiger partial charge in [-0.2, -0.15) is 5.10 Å². The molecule has 2 N–H and O–H groups in total. The van der Waals surface area contributed by atoms with Crippen molar-refractivity contribution >= 4 is 34.5 Å². The highest BCUT2D eigenvalue weighted by Crippen LogP contribution is 2.26. The highest BCUT2D eigenvalue weighted by molar-refractivity contribution is 7.99. The summed E-state index contributed by atoms with van der Waals surface area (Å²) in [5.41, 5.74) is 0.774. The van der Waals surface area contributed by atoms with Crippen LogP contribution in [0.25, 0.3) is 11.0 Å². The van der Waals surface area contributed by atoms with E-state index in [-0.39, 0.29) is 12.5 Å². The van der Waals surface area contributed by atoms with Crippen molar-refractivity contribution < 1.29 is 9.53 Å². The molecule has 1 amide bonds. The number of carbonyl (C=O) groups excluding carboxylic acids is 1. The smallest absolute Gasteiger partial charge is 0.246 e. The van der Waals surface area contributed by atoms with Gasteiger partial charge in [-0.25, -0.2) is 14.6 Å². The van der Waals surface area contributed by atoms with Crippen molar-refractivity contribution in [2.24, 2.45) is 5.92 Å². The van der Waals surface area contributed by atoms with E-state index in [1.165, 1.54) is 7.11 Å². The van der Waals surface area contributed by atoms with Crippen LogP contribution < -0.4 is 10.6 Å². The maximum atomic E-state index is 11.5. The van der Waals surface area contributed by atoms with E-state index < -0.39 is 0 Å². The average molecular weight is 381 g/mol. The minimum absolute atomic E-state index is 0.0560. The normalized spacial score (nSPS) is 11.5. The quantitative estimate of drug-likeness (QED) is 0.482. The largest absolute Gasteiger partial charge is 0.375 e. The lowest BCUT2D eigenvalue weighted by atomic mass is 10.2. The molecule has 0 aliphatic carbocycles. The first-order chi connectivity index (χ1) is 12.4. The van der Waals surface area contributed by atoms with Gasteiger partial charge in [0.2, 0.25) is 5.91 Å². The number of anilines is 1. The van der Waals surface area contributed by atoms with Gasteiger partial charge in [-0.05, 0) is 5.92 Å². The van der Waals surface area contributed by atoms with Gasteiger partial charge < -0.3 is 15.4 Å². The van der Waals surface area contributed by atoms with Crippen LogP contribution in [0.2, 0.25) is 0 Å². The molecular weight excluding hydrogens is 352 g/mol. The molecule has 0 saturated heterocycles. The number of nitrogens with zero attached hydrogens (tertiary/aromatic N) is 4. The van der Waals surface area contributed by atoms with E-state index in [4.69, 9.17) is 4.74 Å². The van der Waals surface area contributed by atoms with E-state index >= 15 is 0 Å². The summed E-state index contributed by atoms with van der Waals surface area (Å²) >= 11 is 1.62. The van der Waals surface area contributed by atoms with Crippen LogP contribution in [0, 0.1) is 5.92 Å². The SMILES string of the molecule is COCC(=O)NCCn1ncc2c(NCC(C)C)nc(SC(C)C)nc21. The van der Waals surface area contributed by atoms with Gasteiger partial charge in [0, 0.05) is 25.4 Å². The zero-order valence-corrected chi connectivity index (χ0v) is 16.9. The van der Waals surface area contributed by atoms with Gasteiger partial charge in [-0.1, -0.05) is 39.5 Å². The molecule has 2 heterocycles. The van der Waals surface area contributed by atoms with Crippen LogP contribution in [-0.2, 0) is 16.1 Å². The molecule has 0 aromatic carbocycles. The summed E-state index contributed by atoms with van der Waals surface area (Å²) in [5, 5.41) is 12.6. The van der Waals surface area contributed by atoms with Crippen LogP contribution >= 0.6 is 11.8 Å². The minimum Gasteiger partial charge on any atom is -0.375 e. The number of rotatable bonds is 10. The fraction of sp³-hybridized carbons (Fsp3) is 0.647. The minimum atomic E-state index is -0.145. The van der Waals surface area contributed by atoms with Crippen molar-refractivity contribution in [3.8, 4) is 0 Å². The molecule has 26 heavy (non-hydrogen) atoms. The number of hydrogen-bond donors (Lipinski definition) is 2. The number of carbonyl (C=O) groups is 1. The second kappa shape index (κ2) is 9.72. The number of ether oxygens (including phenoxy) is 1. The molecule has 0 spiro atoms. The van der Waals surface area contributed by atoms with Crippen LogP contribution in [0.4, 0.5) is 5.82 Å². The summed E-state index contributed by atoms with van der Waals surface area (Å²) in [6, 6.07) is 0. The Hall–Kier alpha value is -1.87. The van der Waals surface area contributed by atoms with E-state index in [2.05, 4.69) is 53.4 Å². The lowest BCUT2D eigenvalue weighted by Crippen LogP contribution is -2.30. The van der Waals surface area contributed by atoms with Crippen LogP contribution in [0.1, 0.15) is 27.7 Å². The molecule has 0 aliphatic rings. The molecule has 0 atom stereocenters. The van der Waals surface area contributed by atoms with Gasteiger partial charge in [0.15, 0.2) is 10.8 Å². The van der Waals surface area contributed by atoms with Gasteiger partial charge in [0.1, 0.15) is 12.4 Å². The highest BCUT2D eigenvalue weighted by Gasteiger charge is 2.14. The number of nitrogens with one attached hydrogen (secondary N) is 2. The maximum absolute atomic E-state index is 11.5. The van der Waals surface area contributed by atoms with Gasteiger partial charge in [0.25, 0.3) is 0 Å². The first-order valence-electron chi connectivity index (χ1n) is 8.80. The average Bonchev–Trinajstić information content (AvgIpc) is 2.95. The lowest BCUT2D eigenvalue weighted by Gasteiger charge is -2.12. The Kier molecular flexibility index (Phi) is 7.65. The second-order valence-electron chi connectivity index (χ2n) is 6.68. The Morgan fingerprint density at radius 2 is 2.08 bits per heavy atom. The molecule has 0 fully saturated rings. The topological polar surface area (TPSA) is 94.0 Å². The second-order valence-corrected chi connectivity index (χ2v) is 8.23. The van der Waals surface area contributed by atoms with Gasteiger partial charge >= 0.3 is 0 Å². The van der Waals surface area contributed by atoms with E-state index in [0.29, 0.717) is 24.3 Å². The van der Waals surface area contributed by atoms with E-state index in [9.17, 15) is 4.79 Å². The fourth-order valence-corrected chi connectivity index (χ4v) is 2.99. The first-order valence-corrected chi connectivity index (χ1v) is 9.68. The molecule has 0 saturated carbocycles. The number of methoxy groups -OCH3 is 1. The zero-order valence-electron chi connectivity index (χ0n) is 16.1. The fourth-order valence-electron chi connectivity index (χ4n) is 2.28. The van der Waals surface area contributed by atoms with Crippen LogP contribution in [-0.4, -0.2) is 57.7 Å². The van der Waals surface area contributed by atoms with Gasteiger partial charge in [-0.3, -0.25) is 4.79 Å². The lowest BCUT2D eigenvalue weighted by molar-refractivity contribution is -0.124.